The first-order valence-corrected chi connectivity index (χ1v) is 1.32. The Hall–Kier alpha value is 0.610. The Morgan fingerprint density at radius 2 is 2.00 bits per heavy atom. The van der Waals surface area contributed by atoms with E-state index in [0.29, 0.717) is 0 Å². The Labute approximate surface area is 55.6 Å². The van der Waals surface area contributed by atoms with Crippen LogP contribution in [0.15, 0.2) is 12.7 Å². The molecule has 0 atom stereocenters. The van der Waals surface area contributed by atoms with Crippen molar-refractivity contribution in [3.8, 4) is 0 Å². The average molecular weight is 78.1 g/mol. The first-order valence-electron chi connectivity index (χ1n) is 1.32. The van der Waals surface area contributed by atoms with Gasteiger partial charge in [-0.25, -0.2) is 19.1 Å². The van der Waals surface area contributed by atoms with Crippen molar-refractivity contribution in [1.82, 2.24) is 0 Å². The minimum absolute atomic E-state index is 0. The van der Waals surface area contributed by atoms with Crippen LogP contribution in [-0.4, -0.2) is 0 Å². The molecule has 0 radical (unpaired) electrons. The van der Waals surface area contributed by atoms with Crippen LogP contribution in [0.2, 0.25) is 0 Å². The second kappa shape index (κ2) is 8.82. The summed E-state index contributed by atoms with van der Waals surface area (Å²) in [5, 5.41) is 0. The molecule has 0 bridgehead atoms. The topological polar surface area (TPSA) is 0 Å². The van der Waals surface area contributed by atoms with Crippen molar-refractivity contribution >= 4 is 0 Å². The van der Waals surface area contributed by atoms with Gasteiger partial charge in [0.2, 0.25) is 0 Å². The predicted molar refractivity (Wildman–Crippen MR) is 20.2 cm³/mol. The van der Waals surface area contributed by atoms with Gasteiger partial charge >= 0.3 is 29.6 Å². The van der Waals surface area contributed by atoms with Gasteiger partial charge in [0.1, 0.15) is 0 Å². The second-order valence-electron chi connectivity index (χ2n) is 0.569. The first kappa shape index (κ1) is 9.15. The summed E-state index contributed by atoms with van der Waals surface area (Å²) in [7, 11) is 0. The summed E-state index contributed by atoms with van der Waals surface area (Å²) in [5.41, 5.74) is 0. The number of hydrogen-bond donors (Lipinski definition) is 0. The van der Waals surface area contributed by atoms with Gasteiger partial charge in [0.25, 0.3) is 0 Å². The molecule has 0 aliphatic rings. The molecule has 0 amide bonds. The van der Waals surface area contributed by atoms with Crippen LogP contribution in [0.25, 0.3) is 0 Å². The van der Waals surface area contributed by atoms with E-state index in [0.717, 1.165) is 0 Å². The average Bonchev–Trinajstić information content (AvgIpc) is 1.37. The molecule has 0 rings (SSSR count). The molecule has 0 aliphatic heterocycles. The molecule has 0 N–H and O–H groups in total. The Morgan fingerprint density at radius 3 is 2.00 bits per heavy atom. The van der Waals surface area contributed by atoms with Crippen molar-refractivity contribution in [2.24, 2.45) is 0 Å². The maximum absolute atomic E-state index is 3.42. The zero-order valence-corrected chi connectivity index (χ0v) is 5.86. The molecule has 0 nitrogen and oxygen atoms in total. The third-order valence-corrected chi connectivity index (χ3v) is 0.236. The summed E-state index contributed by atoms with van der Waals surface area (Å²) in [6, 6.07) is 0. The second-order valence-corrected chi connectivity index (χ2v) is 0.569. The van der Waals surface area contributed by atoms with Gasteiger partial charge < -0.3 is 0 Å². The zero-order chi connectivity index (χ0) is 3.41. The largest absolute Gasteiger partial charge is 1.00 e. The van der Waals surface area contributed by atoms with E-state index in [1.165, 1.54) is 0 Å². The molecule has 0 fully saturated rings. The Kier molecular flexibility index (Phi) is 16.1. The summed E-state index contributed by atoms with van der Waals surface area (Å²) in [6.07, 6.45) is 3.64. The van der Waals surface area contributed by atoms with E-state index < -0.39 is 0 Å². The van der Waals surface area contributed by atoms with Crippen molar-refractivity contribution in [3.63, 3.8) is 0 Å². The molecule has 0 saturated carbocycles. The maximum Gasteiger partial charge on any atom is 1.00 e. The van der Waals surface area contributed by atoms with E-state index in [2.05, 4.69) is 6.58 Å². The number of rotatable bonds is 1. The summed E-state index contributed by atoms with van der Waals surface area (Å²) in [5.74, 6) is 0. The SMILES string of the molecule is C=C[CH-]C.[Na+]. The van der Waals surface area contributed by atoms with Crippen molar-refractivity contribution < 1.29 is 29.6 Å². The molecule has 24 valence electrons. The predicted octanol–water partition coefficient (Wildman–Crippen LogP) is -1.60. The van der Waals surface area contributed by atoms with Crippen LogP contribution in [0.3, 0.4) is 0 Å². The molecule has 0 heterocycles. The first-order chi connectivity index (χ1) is 1.91. The van der Waals surface area contributed by atoms with Crippen LogP contribution in [0, 0.1) is 6.42 Å². The van der Waals surface area contributed by atoms with E-state index in [9.17, 15) is 0 Å². The molecule has 5 heavy (non-hydrogen) atoms. The monoisotopic (exact) mass is 78.0 g/mol. The van der Waals surface area contributed by atoms with Gasteiger partial charge in [-0.2, -0.15) is 0 Å². The fraction of sp³-hybridized carbons (Fsp3) is 0.250. The van der Waals surface area contributed by atoms with Gasteiger partial charge in [0, 0.05) is 0 Å². The van der Waals surface area contributed by atoms with Crippen molar-refractivity contribution in [3.05, 3.63) is 19.1 Å². The third kappa shape index (κ3) is 12.1. The Bertz CT molecular complexity index is 17.6. The minimum Gasteiger partial charge on any atom is -0.245 e. The van der Waals surface area contributed by atoms with Crippen LogP contribution >= 0.6 is 0 Å². The molecule has 0 spiro atoms. The quantitative estimate of drug-likeness (QED) is 0.262. The molecular formula is C4H7Na. The fourth-order valence-corrected chi connectivity index (χ4v) is 0. The fourth-order valence-electron chi connectivity index (χ4n) is 0. The van der Waals surface area contributed by atoms with Gasteiger partial charge in [-0.05, 0) is 0 Å². The smallest absolute Gasteiger partial charge is 0.245 e. The van der Waals surface area contributed by atoms with E-state index in [4.69, 9.17) is 0 Å². The van der Waals surface area contributed by atoms with E-state index in [1.54, 1.807) is 6.08 Å². The molecule has 0 aromatic carbocycles. The third-order valence-electron chi connectivity index (χ3n) is 0.236. The Morgan fingerprint density at radius 1 is 1.80 bits per heavy atom. The van der Waals surface area contributed by atoms with Crippen LogP contribution in [0.1, 0.15) is 6.92 Å². The van der Waals surface area contributed by atoms with Crippen LogP contribution in [0.5, 0.6) is 0 Å². The van der Waals surface area contributed by atoms with Gasteiger partial charge in [-0.1, -0.05) is 0 Å². The standard InChI is InChI=1S/C4H7.Na/c1-3-4-2;/h3-4H,1H2,2H3;/q-1;+1. The summed E-state index contributed by atoms with van der Waals surface area (Å²) < 4.78 is 0. The molecule has 0 saturated heterocycles. The number of hydrogen-bond acceptors (Lipinski definition) is 0. The molecule has 0 aromatic heterocycles. The molecular weight excluding hydrogens is 71.0 g/mol. The van der Waals surface area contributed by atoms with Crippen molar-refractivity contribution in [2.75, 3.05) is 0 Å². The summed E-state index contributed by atoms with van der Waals surface area (Å²) in [6.45, 7) is 5.36. The van der Waals surface area contributed by atoms with Crippen molar-refractivity contribution in [2.45, 2.75) is 6.92 Å². The molecule has 0 unspecified atom stereocenters. The van der Waals surface area contributed by atoms with Crippen LogP contribution in [0.4, 0.5) is 0 Å². The number of allylic oxidation sites excluding steroid dienone is 1. The van der Waals surface area contributed by atoms with Crippen LogP contribution in [-0.2, 0) is 0 Å². The van der Waals surface area contributed by atoms with Gasteiger partial charge in [0.15, 0.2) is 0 Å². The Balaban J connectivity index is 0. The molecule has 0 aliphatic carbocycles. The summed E-state index contributed by atoms with van der Waals surface area (Å²) >= 11 is 0. The molecule has 0 aromatic rings. The van der Waals surface area contributed by atoms with Gasteiger partial charge in [-0.3, -0.25) is 0 Å². The van der Waals surface area contributed by atoms with Crippen molar-refractivity contribution in [1.29, 1.82) is 0 Å². The maximum atomic E-state index is 3.42. The van der Waals surface area contributed by atoms with Gasteiger partial charge in [-0.15, -0.1) is 6.92 Å². The zero-order valence-electron chi connectivity index (χ0n) is 3.86. The summed E-state index contributed by atoms with van der Waals surface area (Å²) in [4.78, 5) is 0. The minimum atomic E-state index is 0. The van der Waals surface area contributed by atoms with Crippen LogP contribution < -0.4 is 29.6 Å². The van der Waals surface area contributed by atoms with E-state index in [-0.39, 0.29) is 29.6 Å². The molecule has 1 heteroatoms. The van der Waals surface area contributed by atoms with E-state index in [1.807, 2.05) is 13.3 Å². The van der Waals surface area contributed by atoms with Gasteiger partial charge in [0.05, 0.1) is 0 Å². The normalized spacial score (nSPS) is 4.20. The van der Waals surface area contributed by atoms with E-state index >= 15 is 0 Å².